The Morgan fingerprint density at radius 1 is 1.03 bits per heavy atom. The van der Waals surface area contributed by atoms with E-state index in [4.69, 9.17) is 9.47 Å². The molecule has 0 bridgehead atoms. The lowest BCUT2D eigenvalue weighted by Gasteiger charge is -2.12. The Kier molecular flexibility index (Phi) is 9.16. The summed E-state index contributed by atoms with van der Waals surface area (Å²) in [4.78, 5) is 16.6. The summed E-state index contributed by atoms with van der Waals surface area (Å²) in [6, 6.07) is 20.0. The number of nitrogens with zero attached hydrogens (tertiary/aromatic N) is 2. The number of rotatable bonds is 11. The van der Waals surface area contributed by atoms with E-state index >= 15 is 0 Å². The number of thiazole rings is 1. The molecule has 7 nitrogen and oxygen atoms in total. The van der Waals surface area contributed by atoms with Crippen LogP contribution >= 0.6 is 11.3 Å². The summed E-state index contributed by atoms with van der Waals surface area (Å²) in [5.41, 5.74) is 4.14. The number of nitrogens with one attached hydrogen (secondary N) is 2. The SMILES string of the molecule is CCOc1cc(/C=N\NC(=O)Cc2csc(Nc3cccc(C(F)(F)F)c3)n2)ccc1OCc1ccccc1. The molecule has 202 valence electrons. The predicted molar refractivity (Wildman–Crippen MR) is 145 cm³/mol. The number of anilines is 2. The maximum absolute atomic E-state index is 12.9. The molecule has 0 aliphatic carbocycles. The minimum absolute atomic E-state index is 0.0471. The van der Waals surface area contributed by atoms with E-state index < -0.39 is 17.6 Å². The summed E-state index contributed by atoms with van der Waals surface area (Å²) in [6.45, 7) is 2.73. The van der Waals surface area contributed by atoms with E-state index in [0.717, 1.165) is 17.7 Å². The van der Waals surface area contributed by atoms with Crippen LogP contribution in [0.1, 0.15) is 29.3 Å². The zero-order valence-corrected chi connectivity index (χ0v) is 21.7. The Bertz CT molecular complexity index is 1430. The van der Waals surface area contributed by atoms with Crippen LogP contribution in [0.15, 0.2) is 83.3 Å². The smallest absolute Gasteiger partial charge is 0.416 e. The maximum atomic E-state index is 12.9. The first kappa shape index (κ1) is 27.6. The van der Waals surface area contributed by atoms with Crippen molar-refractivity contribution in [2.45, 2.75) is 26.1 Å². The maximum Gasteiger partial charge on any atom is 0.416 e. The van der Waals surface area contributed by atoms with Gasteiger partial charge in [-0.05, 0) is 54.4 Å². The van der Waals surface area contributed by atoms with E-state index in [1.807, 2.05) is 37.3 Å². The quantitative estimate of drug-likeness (QED) is 0.162. The number of amides is 1. The highest BCUT2D eigenvalue weighted by atomic mass is 32.1. The van der Waals surface area contributed by atoms with Crippen molar-refractivity contribution in [1.82, 2.24) is 10.4 Å². The lowest BCUT2D eigenvalue weighted by molar-refractivity contribution is -0.137. The molecular weight excluding hydrogens is 529 g/mol. The lowest BCUT2D eigenvalue weighted by Crippen LogP contribution is -2.19. The highest BCUT2D eigenvalue weighted by Gasteiger charge is 2.30. The number of hydrogen-bond donors (Lipinski definition) is 2. The summed E-state index contributed by atoms with van der Waals surface area (Å²) in [5, 5.41) is 8.87. The van der Waals surface area contributed by atoms with Gasteiger partial charge in [0.2, 0.25) is 5.91 Å². The van der Waals surface area contributed by atoms with E-state index in [1.165, 1.54) is 29.7 Å². The molecule has 1 aromatic heterocycles. The van der Waals surface area contributed by atoms with Crippen LogP contribution in [0.5, 0.6) is 11.5 Å². The van der Waals surface area contributed by atoms with Crippen molar-refractivity contribution >= 4 is 34.3 Å². The van der Waals surface area contributed by atoms with E-state index in [2.05, 4.69) is 20.8 Å². The van der Waals surface area contributed by atoms with Crippen LogP contribution in [-0.2, 0) is 24.0 Å². The molecule has 39 heavy (non-hydrogen) atoms. The molecule has 0 unspecified atom stereocenters. The van der Waals surface area contributed by atoms with Crippen LogP contribution in [0.4, 0.5) is 24.0 Å². The Morgan fingerprint density at radius 3 is 2.62 bits per heavy atom. The van der Waals surface area contributed by atoms with Crippen LogP contribution in [0.3, 0.4) is 0 Å². The predicted octanol–water partition coefficient (Wildman–Crippen LogP) is 6.58. The van der Waals surface area contributed by atoms with Gasteiger partial charge in [0.15, 0.2) is 16.6 Å². The molecule has 2 N–H and O–H groups in total. The number of carbonyl (C=O) groups is 1. The van der Waals surface area contributed by atoms with Gasteiger partial charge >= 0.3 is 6.18 Å². The van der Waals surface area contributed by atoms with Gasteiger partial charge in [0.1, 0.15) is 6.61 Å². The fourth-order valence-corrected chi connectivity index (χ4v) is 4.18. The van der Waals surface area contributed by atoms with Crippen molar-refractivity contribution in [2.24, 2.45) is 5.10 Å². The minimum atomic E-state index is -4.44. The summed E-state index contributed by atoms with van der Waals surface area (Å²) in [6.07, 6.45) is -3.00. The second-order valence-electron chi connectivity index (χ2n) is 8.23. The van der Waals surface area contributed by atoms with Crippen molar-refractivity contribution in [2.75, 3.05) is 11.9 Å². The first-order valence-electron chi connectivity index (χ1n) is 11.9. The Hall–Kier alpha value is -4.38. The Balaban J connectivity index is 1.30. The Morgan fingerprint density at radius 2 is 1.85 bits per heavy atom. The third-order valence-corrected chi connectivity index (χ3v) is 6.05. The fraction of sp³-hybridized carbons (Fsp3) is 0.179. The van der Waals surface area contributed by atoms with Crippen molar-refractivity contribution in [3.05, 3.63) is 101 Å². The van der Waals surface area contributed by atoms with Gasteiger partial charge in [-0.25, -0.2) is 10.4 Å². The zero-order valence-electron chi connectivity index (χ0n) is 20.9. The van der Waals surface area contributed by atoms with Crippen molar-refractivity contribution in [3.8, 4) is 11.5 Å². The molecule has 0 fully saturated rings. The molecule has 0 saturated heterocycles. The standard InChI is InChI=1S/C28H25F3N4O3S/c1-2-37-25-13-20(11-12-24(25)38-17-19-7-4-3-5-8-19)16-32-35-26(36)15-23-18-39-27(34-23)33-22-10-6-9-21(14-22)28(29,30)31/h3-14,16,18H,2,15,17H2,1H3,(H,33,34)(H,35,36)/b32-16-. The molecule has 1 amide bonds. The van der Waals surface area contributed by atoms with Gasteiger partial charge in [0.05, 0.1) is 30.5 Å². The first-order chi connectivity index (χ1) is 18.8. The van der Waals surface area contributed by atoms with Gasteiger partial charge in [-0.2, -0.15) is 18.3 Å². The molecule has 0 aliphatic heterocycles. The number of carbonyl (C=O) groups excluding carboxylic acids is 1. The van der Waals surface area contributed by atoms with Gasteiger partial charge in [-0.15, -0.1) is 11.3 Å². The Labute approximate surface area is 227 Å². The number of ether oxygens (including phenoxy) is 2. The van der Waals surface area contributed by atoms with Gasteiger partial charge in [0, 0.05) is 11.1 Å². The number of benzene rings is 3. The van der Waals surface area contributed by atoms with E-state index in [-0.39, 0.29) is 12.1 Å². The van der Waals surface area contributed by atoms with Crippen LogP contribution in [-0.4, -0.2) is 23.7 Å². The van der Waals surface area contributed by atoms with Gasteiger partial charge in [-0.1, -0.05) is 36.4 Å². The molecule has 11 heteroatoms. The second kappa shape index (κ2) is 12.9. The number of hydrazone groups is 1. The molecule has 0 radical (unpaired) electrons. The third kappa shape index (κ3) is 8.30. The van der Waals surface area contributed by atoms with E-state index in [9.17, 15) is 18.0 Å². The monoisotopic (exact) mass is 554 g/mol. The zero-order chi connectivity index (χ0) is 27.7. The molecule has 0 saturated carbocycles. The van der Waals surface area contributed by atoms with Crippen molar-refractivity contribution in [1.29, 1.82) is 0 Å². The summed E-state index contributed by atoms with van der Waals surface area (Å²) in [5.74, 6) is 0.766. The molecule has 0 spiro atoms. The van der Waals surface area contributed by atoms with Crippen LogP contribution < -0.4 is 20.2 Å². The molecular formula is C28H25F3N4O3S. The van der Waals surface area contributed by atoms with Crippen molar-refractivity contribution < 1.29 is 27.4 Å². The number of aromatic nitrogens is 1. The highest BCUT2D eigenvalue weighted by molar-refractivity contribution is 7.13. The first-order valence-corrected chi connectivity index (χ1v) is 12.8. The summed E-state index contributed by atoms with van der Waals surface area (Å²) in [7, 11) is 0. The number of alkyl halides is 3. The normalized spacial score (nSPS) is 11.4. The summed E-state index contributed by atoms with van der Waals surface area (Å²) >= 11 is 1.18. The van der Waals surface area contributed by atoms with Crippen LogP contribution in [0, 0.1) is 0 Å². The van der Waals surface area contributed by atoms with Gasteiger partial charge in [0.25, 0.3) is 0 Å². The number of hydrogen-bond acceptors (Lipinski definition) is 7. The van der Waals surface area contributed by atoms with Crippen molar-refractivity contribution in [3.63, 3.8) is 0 Å². The average molecular weight is 555 g/mol. The van der Waals surface area contributed by atoms with Gasteiger partial charge < -0.3 is 14.8 Å². The second-order valence-corrected chi connectivity index (χ2v) is 9.09. The topological polar surface area (TPSA) is 84.8 Å². The summed E-state index contributed by atoms with van der Waals surface area (Å²) < 4.78 is 50.4. The molecule has 0 atom stereocenters. The molecule has 4 rings (SSSR count). The van der Waals surface area contributed by atoms with Gasteiger partial charge in [-0.3, -0.25) is 4.79 Å². The average Bonchev–Trinajstić information content (AvgIpc) is 3.35. The van der Waals surface area contributed by atoms with Crippen LogP contribution in [0.2, 0.25) is 0 Å². The van der Waals surface area contributed by atoms with Crippen LogP contribution in [0.25, 0.3) is 0 Å². The largest absolute Gasteiger partial charge is 0.490 e. The minimum Gasteiger partial charge on any atom is -0.490 e. The molecule has 0 aliphatic rings. The molecule has 3 aromatic carbocycles. The van der Waals surface area contributed by atoms with E-state index in [1.54, 1.807) is 23.6 Å². The number of halogens is 3. The highest BCUT2D eigenvalue weighted by Crippen LogP contribution is 2.32. The molecule has 4 aromatic rings. The fourth-order valence-electron chi connectivity index (χ4n) is 3.45. The lowest BCUT2D eigenvalue weighted by atomic mass is 10.2. The van der Waals surface area contributed by atoms with E-state index in [0.29, 0.717) is 41.1 Å². The third-order valence-electron chi connectivity index (χ3n) is 5.24. The molecule has 1 heterocycles.